The maximum Gasteiger partial charge on any atom is 0.253 e. The van der Waals surface area contributed by atoms with Gasteiger partial charge in [-0.1, -0.05) is 34.1 Å². The first kappa shape index (κ1) is 12.9. The van der Waals surface area contributed by atoms with Crippen LogP contribution in [0.1, 0.15) is 40.5 Å². The van der Waals surface area contributed by atoms with Gasteiger partial charge in [-0.05, 0) is 17.8 Å². The van der Waals surface area contributed by atoms with E-state index in [0.29, 0.717) is 12.5 Å². The molecule has 1 atom stereocenters. The molecule has 0 fully saturated rings. The van der Waals surface area contributed by atoms with Crippen molar-refractivity contribution in [2.75, 3.05) is 6.54 Å². The van der Waals surface area contributed by atoms with E-state index in [0.717, 1.165) is 12.8 Å². The van der Waals surface area contributed by atoms with Gasteiger partial charge < -0.3 is 0 Å². The average molecular weight is 223 g/mol. The maximum absolute atomic E-state index is 11.4. The standard InChI is InChI=1S/C13H21NO2/c1-5-10(2)8-13(3,4)9-14-11(15)6-7-12(14)16/h6-7,10H,5,8-9H2,1-4H3. The smallest absolute Gasteiger partial charge is 0.253 e. The monoisotopic (exact) mass is 223 g/mol. The Morgan fingerprint density at radius 1 is 1.25 bits per heavy atom. The van der Waals surface area contributed by atoms with Crippen LogP contribution in [-0.4, -0.2) is 23.3 Å². The molecule has 0 saturated carbocycles. The van der Waals surface area contributed by atoms with Gasteiger partial charge in [0.25, 0.3) is 11.8 Å². The first-order valence-electron chi connectivity index (χ1n) is 5.89. The first-order valence-corrected chi connectivity index (χ1v) is 5.89. The van der Waals surface area contributed by atoms with E-state index in [1.165, 1.54) is 17.1 Å². The highest BCUT2D eigenvalue weighted by molar-refractivity contribution is 6.12. The average Bonchev–Trinajstić information content (AvgIpc) is 2.48. The van der Waals surface area contributed by atoms with Gasteiger partial charge in [0.15, 0.2) is 0 Å². The van der Waals surface area contributed by atoms with E-state index in [1.54, 1.807) is 0 Å². The van der Waals surface area contributed by atoms with Gasteiger partial charge in [0, 0.05) is 18.7 Å². The summed E-state index contributed by atoms with van der Waals surface area (Å²) in [7, 11) is 0. The van der Waals surface area contributed by atoms with Crippen LogP contribution in [0.5, 0.6) is 0 Å². The minimum Gasteiger partial charge on any atom is -0.275 e. The van der Waals surface area contributed by atoms with E-state index in [1.807, 2.05) is 0 Å². The van der Waals surface area contributed by atoms with Gasteiger partial charge in [-0.25, -0.2) is 0 Å². The lowest BCUT2D eigenvalue weighted by Gasteiger charge is -2.31. The Morgan fingerprint density at radius 3 is 2.19 bits per heavy atom. The van der Waals surface area contributed by atoms with Crippen LogP contribution in [0, 0.1) is 11.3 Å². The van der Waals surface area contributed by atoms with Crippen LogP contribution in [0.2, 0.25) is 0 Å². The normalized spacial score (nSPS) is 18.4. The topological polar surface area (TPSA) is 37.4 Å². The Balaban J connectivity index is 2.59. The summed E-state index contributed by atoms with van der Waals surface area (Å²) in [6, 6.07) is 0. The van der Waals surface area contributed by atoms with Crippen LogP contribution in [0.3, 0.4) is 0 Å². The third-order valence-corrected chi connectivity index (χ3v) is 3.08. The molecule has 1 rings (SSSR count). The molecular weight excluding hydrogens is 202 g/mol. The van der Waals surface area contributed by atoms with Crippen molar-refractivity contribution in [2.24, 2.45) is 11.3 Å². The number of imide groups is 1. The van der Waals surface area contributed by atoms with Crippen LogP contribution in [0.15, 0.2) is 12.2 Å². The van der Waals surface area contributed by atoms with Crippen molar-refractivity contribution in [3.63, 3.8) is 0 Å². The number of rotatable bonds is 5. The van der Waals surface area contributed by atoms with Crippen LogP contribution in [0.25, 0.3) is 0 Å². The van der Waals surface area contributed by atoms with E-state index in [-0.39, 0.29) is 17.2 Å². The van der Waals surface area contributed by atoms with E-state index in [2.05, 4.69) is 27.7 Å². The summed E-state index contributed by atoms with van der Waals surface area (Å²) >= 11 is 0. The fraction of sp³-hybridized carbons (Fsp3) is 0.692. The molecule has 0 bridgehead atoms. The number of carbonyl (C=O) groups is 2. The van der Waals surface area contributed by atoms with Crippen molar-refractivity contribution in [1.29, 1.82) is 0 Å². The molecule has 1 unspecified atom stereocenters. The second-order valence-corrected chi connectivity index (χ2v) is 5.48. The van der Waals surface area contributed by atoms with Gasteiger partial charge >= 0.3 is 0 Å². The number of carbonyl (C=O) groups excluding carboxylic acids is 2. The third-order valence-electron chi connectivity index (χ3n) is 3.08. The molecule has 0 aliphatic carbocycles. The Kier molecular flexibility index (Phi) is 3.89. The van der Waals surface area contributed by atoms with Crippen LogP contribution in [-0.2, 0) is 9.59 Å². The van der Waals surface area contributed by atoms with Crippen LogP contribution < -0.4 is 0 Å². The highest BCUT2D eigenvalue weighted by Crippen LogP contribution is 2.28. The molecule has 2 amide bonds. The van der Waals surface area contributed by atoms with Crippen molar-refractivity contribution in [3.05, 3.63) is 12.2 Å². The molecule has 0 saturated heterocycles. The lowest BCUT2D eigenvalue weighted by Crippen LogP contribution is -2.39. The molecule has 0 radical (unpaired) electrons. The van der Waals surface area contributed by atoms with Crippen LogP contribution >= 0.6 is 0 Å². The van der Waals surface area contributed by atoms with Crippen LogP contribution in [0.4, 0.5) is 0 Å². The fourth-order valence-corrected chi connectivity index (χ4v) is 2.17. The van der Waals surface area contributed by atoms with Gasteiger partial charge in [-0.3, -0.25) is 14.5 Å². The van der Waals surface area contributed by atoms with Crippen molar-refractivity contribution in [1.82, 2.24) is 4.90 Å². The molecule has 0 N–H and O–H groups in total. The second-order valence-electron chi connectivity index (χ2n) is 5.48. The first-order chi connectivity index (χ1) is 7.35. The minimum absolute atomic E-state index is 0.00718. The Hall–Kier alpha value is -1.12. The van der Waals surface area contributed by atoms with Gasteiger partial charge in [0.2, 0.25) is 0 Å². The van der Waals surface area contributed by atoms with Crippen molar-refractivity contribution in [2.45, 2.75) is 40.5 Å². The summed E-state index contributed by atoms with van der Waals surface area (Å²) in [4.78, 5) is 24.2. The van der Waals surface area contributed by atoms with Gasteiger partial charge in [-0.2, -0.15) is 0 Å². The predicted molar refractivity (Wildman–Crippen MR) is 63.7 cm³/mol. The Labute approximate surface area is 97.5 Å². The van der Waals surface area contributed by atoms with Crippen molar-refractivity contribution < 1.29 is 9.59 Å². The van der Waals surface area contributed by atoms with Gasteiger partial charge in [-0.15, -0.1) is 0 Å². The molecule has 90 valence electrons. The van der Waals surface area contributed by atoms with Gasteiger partial charge in [0.05, 0.1) is 0 Å². The summed E-state index contributed by atoms with van der Waals surface area (Å²) in [6.07, 6.45) is 4.85. The molecular formula is C13H21NO2. The molecule has 1 aliphatic rings. The quantitative estimate of drug-likeness (QED) is 0.671. The Morgan fingerprint density at radius 2 is 1.75 bits per heavy atom. The summed E-state index contributed by atoms with van der Waals surface area (Å²) in [5, 5.41) is 0. The largest absolute Gasteiger partial charge is 0.275 e. The zero-order valence-corrected chi connectivity index (χ0v) is 10.6. The SMILES string of the molecule is CCC(C)CC(C)(C)CN1C(=O)C=CC1=O. The zero-order valence-electron chi connectivity index (χ0n) is 10.6. The highest BCUT2D eigenvalue weighted by atomic mass is 16.2. The molecule has 0 aromatic carbocycles. The summed E-state index contributed by atoms with van der Waals surface area (Å²) in [6.45, 7) is 9.10. The van der Waals surface area contributed by atoms with Crippen molar-refractivity contribution in [3.8, 4) is 0 Å². The molecule has 1 aliphatic heterocycles. The number of hydrogen-bond acceptors (Lipinski definition) is 2. The third kappa shape index (κ3) is 3.19. The predicted octanol–water partition coefficient (Wildman–Crippen LogP) is 2.37. The van der Waals surface area contributed by atoms with Crippen molar-refractivity contribution >= 4 is 11.8 Å². The number of nitrogens with zero attached hydrogens (tertiary/aromatic N) is 1. The Bertz CT molecular complexity index is 300. The second kappa shape index (κ2) is 4.81. The lowest BCUT2D eigenvalue weighted by atomic mass is 9.82. The molecule has 3 heteroatoms. The number of amides is 2. The molecule has 0 spiro atoms. The molecule has 0 aromatic heterocycles. The summed E-state index contributed by atoms with van der Waals surface area (Å²) in [5.74, 6) is 0.264. The zero-order chi connectivity index (χ0) is 12.3. The van der Waals surface area contributed by atoms with E-state index < -0.39 is 0 Å². The van der Waals surface area contributed by atoms with Gasteiger partial charge in [0.1, 0.15) is 0 Å². The lowest BCUT2D eigenvalue weighted by molar-refractivity contribution is -0.138. The van der Waals surface area contributed by atoms with E-state index >= 15 is 0 Å². The molecule has 3 nitrogen and oxygen atoms in total. The highest BCUT2D eigenvalue weighted by Gasteiger charge is 2.30. The summed E-state index contributed by atoms with van der Waals surface area (Å²) in [5.41, 5.74) is -0.00718. The van der Waals surface area contributed by atoms with E-state index in [4.69, 9.17) is 0 Å². The summed E-state index contributed by atoms with van der Waals surface area (Å²) < 4.78 is 0. The van der Waals surface area contributed by atoms with E-state index in [9.17, 15) is 9.59 Å². The maximum atomic E-state index is 11.4. The minimum atomic E-state index is -0.178. The fourth-order valence-electron chi connectivity index (χ4n) is 2.17. The molecule has 16 heavy (non-hydrogen) atoms. The molecule has 1 heterocycles. The number of hydrogen-bond donors (Lipinski definition) is 0. The molecule has 0 aromatic rings.